The Morgan fingerprint density at radius 3 is 2.29 bits per heavy atom. The minimum atomic E-state index is -0.159. The molecule has 2 aliphatic rings. The number of hydrogen-bond donors (Lipinski definition) is 2. The molecule has 2 heterocycles. The van der Waals surface area contributed by atoms with Crippen molar-refractivity contribution in [2.24, 2.45) is 5.92 Å². The minimum Gasteiger partial charge on any atom is -0.393 e. The topological polar surface area (TPSA) is 55.8 Å². The lowest BCUT2D eigenvalue weighted by Crippen LogP contribution is -2.40. The van der Waals surface area contributed by atoms with Crippen molar-refractivity contribution in [3.63, 3.8) is 0 Å². The molecule has 2 fully saturated rings. The Hall–Kier alpha value is -1.59. The van der Waals surface area contributed by atoms with Gasteiger partial charge in [0, 0.05) is 37.4 Å². The first-order chi connectivity index (χ1) is 11.7. The number of likely N-dealkylation sites (tertiary alicyclic amines) is 1. The summed E-state index contributed by atoms with van der Waals surface area (Å²) in [6.07, 6.45) is 3.65. The van der Waals surface area contributed by atoms with Gasteiger partial charge in [-0.3, -0.25) is 4.79 Å². The number of anilines is 1. The normalized spacial score (nSPS) is 20.4. The Labute approximate surface area is 144 Å². The minimum absolute atomic E-state index is 0.151. The summed E-state index contributed by atoms with van der Waals surface area (Å²) in [7, 11) is 1.99. The van der Waals surface area contributed by atoms with E-state index in [2.05, 4.69) is 10.2 Å². The molecule has 0 spiro atoms. The monoisotopic (exact) mass is 331 g/mol. The van der Waals surface area contributed by atoms with Crippen LogP contribution in [0.15, 0.2) is 24.3 Å². The van der Waals surface area contributed by atoms with Crippen LogP contribution in [0.2, 0.25) is 0 Å². The highest BCUT2D eigenvalue weighted by atomic mass is 16.3. The lowest BCUT2D eigenvalue weighted by atomic mass is 9.96. The fraction of sp³-hybridized carbons (Fsp3) is 0.632. The molecule has 0 saturated carbocycles. The van der Waals surface area contributed by atoms with Gasteiger partial charge in [-0.2, -0.15) is 0 Å². The first kappa shape index (κ1) is 17.2. The van der Waals surface area contributed by atoms with E-state index in [1.54, 1.807) is 0 Å². The number of carbonyl (C=O) groups excluding carboxylic acids is 1. The Bertz CT molecular complexity index is 530. The highest BCUT2D eigenvalue weighted by Crippen LogP contribution is 2.22. The number of hydrogen-bond acceptors (Lipinski definition) is 4. The predicted octanol–water partition coefficient (Wildman–Crippen LogP) is 1.72. The second-order valence-electron chi connectivity index (χ2n) is 7.06. The van der Waals surface area contributed by atoms with Crippen LogP contribution in [0.1, 0.15) is 36.0 Å². The van der Waals surface area contributed by atoms with E-state index >= 15 is 0 Å². The molecule has 2 aliphatic heterocycles. The summed E-state index contributed by atoms with van der Waals surface area (Å²) in [6.45, 7) is 4.52. The van der Waals surface area contributed by atoms with Crippen LogP contribution in [0, 0.1) is 5.92 Å². The molecule has 0 aliphatic carbocycles. The Morgan fingerprint density at radius 2 is 1.71 bits per heavy atom. The van der Waals surface area contributed by atoms with Gasteiger partial charge in [-0.25, -0.2) is 0 Å². The van der Waals surface area contributed by atoms with Crippen molar-refractivity contribution in [3.8, 4) is 0 Å². The molecular formula is C19H29N3O2. The van der Waals surface area contributed by atoms with Gasteiger partial charge in [-0.15, -0.1) is 0 Å². The van der Waals surface area contributed by atoms with Crippen LogP contribution in [-0.4, -0.2) is 61.8 Å². The number of rotatable bonds is 4. The summed E-state index contributed by atoms with van der Waals surface area (Å²) in [5, 5.41) is 12.8. The Morgan fingerprint density at radius 1 is 1.08 bits per heavy atom. The van der Waals surface area contributed by atoms with Crippen LogP contribution in [-0.2, 0) is 0 Å². The molecule has 1 amide bonds. The Kier molecular flexibility index (Phi) is 5.74. The Balaban J connectivity index is 1.56. The third kappa shape index (κ3) is 4.08. The van der Waals surface area contributed by atoms with Crippen LogP contribution in [0.4, 0.5) is 5.69 Å². The van der Waals surface area contributed by atoms with E-state index in [1.807, 2.05) is 36.2 Å². The number of nitrogens with one attached hydrogen (secondary N) is 1. The first-order valence-corrected chi connectivity index (χ1v) is 9.14. The molecule has 0 radical (unpaired) electrons. The maximum absolute atomic E-state index is 12.7. The molecular weight excluding hydrogens is 302 g/mol. The third-order valence-electron chi connectivity index (χ3n) is 5.34. The van der Waals surface area contributed by atoms with E-state index in [9.17, 15) is 9.90 Å². The lowest BCUT2D eigenvalue weighted by Gasteiger charge is -2.33. The molecule has 24 heavy (non-hydrogen) atoms. The molecule has 132 valence electrons. The molecule has 0 bridgehead atoms. The van der Waals surface area contributed by atoms with Gasteiger partial charge in [0.1, 0.15) is 0 Å². The largest absolute Gasteiger partial charge is 0.393 e. The van der Waals surface area contributed by atoms with Crippen molar-refractivity contribution in [1.82, 2.24) is 10.2 Å². The van der Waals surface area contributed by atoms with Gasteiger partial charge in [0.05, 0.1) is 6.10 Å². The zero-order valence-electron chi connectivity index (χ0n) is 14.6. The average molecular weight is 331 g/mol. The van der Waals surface area contributed by atoms with Crippen molar-refractivity contribution in [3.05, 3.63) is 29.8 Å². The number of amides is 1. The number of benzene rings is 1. The van der Waals surface area contributed by atoms with E-state index in [4.69, 9.17) is 0 Å². The number of aliphatic hydroxyl groups is 1. The van der Waals surface area contributed by atoms with E-state index in [-0.39, 0.29) is 12.0 Å². The first-order valence-electron chi connectivity index (χ1n) is 9.14. The van der Waals surface area contributed by atoms with Gasteiger partial charge in [-0.1, -0.05) is 0 Å². The molecule has 1 aromatic carbocycles. The second kappa shape index (κ2) is 7.99. The van der Waals surface area contributed by atoms with Crippen LogP contribution >= 0.6 is 0 Å². The van der Waals surface area contributed by atoms with Crippen LogP contribution < -0.4 is 10.2 Å². The number of aliphatic hydroxyl groups excluding tert-OH is 1. The van der Waals surface area contributed by atoms with Gasteiger partial charge in [0.25, 0.3) is 5.91 Å². The fourth-order valence-corrected chi connectivity index (χ4v) is 3.75. The van der Waals surface area contributed by atoms with Gasteiger partial charge in [-0.05, 0) is 69.5 Å². The molecule has 3 rings (SSSR count). The summed E-state index contributed by atoms with van der Waals surface area (Å²) < 4.78 is 0. The van der Waals surface area contributed by atoms with Gasteiger partial charge in [0.2, 0.25) is 0 Å². The highest BCUT2D eigenvalue weighted by Gasteiger charge is 2.23. The van der Waals surface area contributed by atoms with Crippen LogP contribution in [0.25, 0.3) is 0 Å². The molecule has 5 nitrogen and oxygen atoms in total. The summed E-state index contributed by atoms with van der Waals surface area (Å²) in [6, 6.07) is 7.97. The summed E-state index contributed by atoms with van der Waals surface area (Å²) in [4.78, 5) is 16.9. The second-order valence-corrected chi connectivity index (χ2v) is 7.06. The standard InChI is InChI=1S/C19H29N3O2/c1-20-14-15-6-10-22(11-7-15)19(24)16-2-4-17(5-3-16)21-12-8-18(23)9-13-21/h2-5,15,18,20,23H,6-14H2,1H3. The molecule has 0 unspecified atom stereocenters. The van der Waals surface area contributed by atoms with Crippen molar-refractivity contribution in [2.75, 3.05) is 44.7 Å². The van der Waals surface area contributed by atoms with Crippen molar-refractivity contribution < 1.29 is 9.90 Å². The van der Waals surface area contributed by atoms with Crippen LogP contribution in [0.5, 0.6) is 0 Å². The third-order valence-corrected chi connectivity index (χ3v) is 5.34. The van der Waals surface area contributed by atoms with Crippen molar-refractivity contribution >= 4 is 11.6 Å². The molecule has 0 aromatic heterocycles. The van der Waals surface area contributed by atoms with E-state index in [0.717, 1.165) is 69.7 Å². The molecule has 5 heteroatoms. The molecule has 0 atom stereocenters. The molecule has 2 N–H and O–H groups in total. The van der Waals surface area contributed by atoms with Gasteiger partial charge < -0.3 is 20.2 Å². The zero-order chi connectivity index (χ0) is 16.9. The summed E-state index contributed by atoms with van der Waals surface area (Å²) >= 11 is 0. The van der Waals surface area contributed by atoms with E-state index < -0.39 is 0 Å². The van der Waals surface area contributed by atoms with Crippen molar-refractivity contribution in [1.29, 1.82) is 0 Å². The smallest absolute Gasteiger partial charge is 0.253 e. The fourth-order valence-electron chi connectivity index (χ4n) is 3.75. The number of nitrogens with zero attached hydrogens (tertiary/aromatic N) is 2. The average Bonchev–Trinajstić information content (AvgIpc) is 2.63. The summed E-state index contributed by atoms with van der Waals surface area (Å²) in [5.41, 5.74) is 1.93. The molecule has 2 saturated heterocycles. The maximum Gasteiger partial charge on any atom is 0.253 e. The number of carbonyl (C=O) groups is 1. The molecule has 1 aromatic rings. The number of piperidine rings is 2. The summed E-state index contributed by atoms with van der Waals surface area (Å²) in [5.74, 6) is 0.842. The van der Waals surface area contributed by atoms with Gasteiger partial charge in [0.15, 0.2) is 0 Å². The highest BCUT2D eigenvalue weighted by molar-refractivity contribution is 5.94. The van der Waals surface area contributed by atoms with E-state index in [1.165, 1.54) is 0 Å². The maximum atomic E-state index is 12.7. The SMILES string of the molecule is CNCC1CCN(C(=O)c2ccc(N3CCC(O)CC3)cc2)CC1. The van der Waals surface area contributed by atoms with Crippen molar-refractivity contribution in [2.45, 2.75) is 31.8 Å². The quantitative estimate of drug-likeness (QED) is 0.882. The predicted molar refractivity (Wildman–Crippen MR) is 96.5 cm³/mol. The van der Waals surface area contributed by atoms with Crippen LogP contribution in [0.3, 0.4) is 0 Å². The van der Waals surface area contributed by atoms with E-state index in [0.29, 0.717) is 5.92 Å². The lowest BCUT2D eigenvalue weighted by molar-refractivity contribution is 0.0691. The van der Waals surface area contributed by atoms with Gasteiger partial charge >= 0.3 is 0 Å². The zero-order valence-corrected chi connectivity index (χ0v) is 14.6.